The van der Waals surface area contributed by atoms with Crippen molar-refractivity contribution in [1.82, 2.24) is 15.2 Å². The van der Waals surface area contributed by atoms with Crippen LogP contribution in [0.1, 0.15) is 23.2 Å². The van der Waals surface area contributed by atoms with E-state index in [2.05, 4.69) is 15.2 Å². The number of rotatable bonds is 7. The molecule has 0 saturated carbocycles. The third-order valence-corrected chi connectivity index (χ3v) is 4.81. The zero-order valence-corrected chi connectivity index (χ0v) is 16.1. The average molecular weight is 382 g/mol. The van der Waals surface area contributed by atoms with Gasteiger partial charge in [-0.25, -0.2) is 4.98 Å². The summed E-state index contributed by atoms with van der Waals surface area (Å²) in [7, 11) is 1.59. The highest BCUT2D eigenvalue weighted by atomic mass is 16.5. The van der Waals surface area contributed by atoms with E-state index in [0.717, 1.165) is 18.9 Å². The molecule has 7 nitrogen and oxygen atoms in total. The number of aromatic nitrogens is 1. The van der Waals surface area contributed by atoms with Gasteiger partial charge in [0, 0.05) is 50.9 Å². The molecule has 1 aliphatic rings. The van der Waals surface area contributed by atoms with Crippen molar-refractivity contribution < 1.29 is 14.3 Å². The molecule has 0 bridgehead atoms. The fourth-order valence-corrected chi connectivity index (χ4v) is 3.17. The summed E-state index contributed by atoms with van der Waals surface area (Å²) in [5, 5.41) is 2.86. The fraction of sp³-hybridized carbons (Fsp3) is 0.381. The van der Waals surface area contributed by atoms with Crippen molar-refractivity contribution in [3.63, 3.8) is 0 Å². The van der Waals surface area contributed by atoms with Crippen molar-refractivity contribution >= 4 is 17.6 Å². The fourth-order valence-electron chi connectivity index (χ4n) is 3.17. The van der Waals surface area contributed by atoms with Crippen molar-refractivity contribution in [3.8, 4) is 5.75 Å². The Morgan fingerprint density at radius 2 is 1.82 bits per heavy atom. The number of ether oxygens (including phenoxy) is 1. The van der Waals surface area contributed by atoms with E-state index in [1.165, 1.54) is 0 Å². The van der Waals surface area contributed by atoms with Gasteiger partial charge in [-0.3, -0.25) is 9.59 Å². The topological polar surface area (TPSA) is 74.8 Å². The van der Waals surface area contributed by atoms with E-state index in [1.807, 2.05) is 23.1 Å². The van der Waals surface area contributed by atoms with Gasteiger partial charge in [-0.15, -0.1) is 0 Å². The summed E-state index contributed by atoms with van der Waals surface area (Å²) in [6.45, 7) is 3.46. The third kappa shape index (κ3) is 5.22. The molecule has 2 heterocycles. The maximum Gasteiger partial charge on any atom is 0.251 e. The van der Waals surface area contributed by atoms with E-state index < -0.39 is 0 Å². The lowest BCUT2D eigenvalue weighted by Gasteiger charge is -2.35. The number of hydrogen-bond donors (Lipinski definition) is 1. The van der Waals surface area contributed by atoms with Gasteiger partial charge in [0.1, 0.15) is 11.6 Å². The molecule has 28 heavy (non-hydrogen) atoms. The number of amides is 2. The zero-order valence-electron chi connectivity index (χ0n) is 16.1. The van der Waals surface area contributed by atoms with Crippen molar-refractivity contribution in [2.75, 3.05) is 44.7 Å². The maximum atomic E-state index is 12.4. The smallest absolute Gasteiger partial charge is 0.251 e. The van der Waals surface area contributed by atoms with Crippen LogP contribution in [0.2, 0.25) is 0 Å². The molecule has 1 aromatic heterocycles. The Balaban J connectivity index is 1.35. The van der Waals surface area contributed by atoms with E-state index in [4.69, 9.17) is 4.74 Å². The van der Waals surface area contributed by atoms with E-state index >= 15 is 0 Å². The lowest BCUT2D eigenvalue weighted by Crippen LogP contribution is -2.49. The predicted octanol–water partition coefficient (Wildman–Crippen LogP) is 1.95. The molecule has 3 rings (SSSR count). The first kappa shape index (κ1) is 19.7. The normalized spacial score (nSPS) is 13.9. The van der Waals surface area contributed by atoms with Gasteiger partial charge in [0.05, 0.1) is 7.11 Å². The SMILES string of the molecule is COc1ccc(C(=O)NCCCC(=O)N2CCN(c3ccccn3)CC2)cc1. The van der Waals surface area contributed by atoms with Crippen LogP contribution < -0.4 is 15.0 Å². The number of nitrogens with one attached hydrogen (secondary N) is 1. The molecule has 0 radical (unpaired) electrons. The van der Waals surface area contributed by atoms with E-state index in [-0.39, 0.29) is 11.8 Å². The van der Waals surface area contributed by atoms with Crippen LogP contribution in [0.25, 0.3) is 0 Å². The Hall–Kier alpha value is -3.09. The number of nitrogens with zero attached hydrogens (tertiary/aromatic N) is 3. The van der Waals surface area contributed by atoms with Crippen LogP contribution in [0, 0.1) is 0 Å². The monoisotopic (exact) mass is 382 g/mol. The van der Waals surface area contributed by atoms with Crippen LogP contribution in [-0.4, -0.2) is 61.5 Å². The molecule has 1 aromatic carbocycles. The largest absolute Gasteiger partial charge is 0.497 e. The highest BCUT2D eigenvalue weighted by Crippen LogP contribution is 2.13. The summed E-state index contributed by atoms with van der Waals surface area (Å²) >= 11 is 0. The molecule has 0 aliphatic carbocycles. The van der Waals surface area contributed by atoms with Crippen LogP contribution in [0.5, 0.6) is 5.75 Å². The number of anilines is 1. The molecule has 0 spiro atoms. The van der Waals surface area contributed by atoms with Crippen LogP contribution in [0.15, 0.2) is 48.7 Å². The second-order valence-corrected chi connectivity index (χ2v) is 6.64. The van der Waals surface area contributed by atoms with Crippen LogP contribution in [0.4, 0.5) is 5.82 Å². The zero-order chi connectivity index (χ0) is 19.8. The highest BCUT2D eigenvalue weighted by molar-refractivity contribution is 5.94. The number of carbonyl (C=O) groups is 2. The van der Waals surface area contributed by atoms with Crippen LogP contribution >= 0.6 is 0 Å². The summed E-state index contributed by atoms with van der Waals surface area (Å²) in [6, 6.07) is 12.8. The number of pyridine rings is 1. The Labute approximate surface area is 165 Å². The molecule has 7 heteroatoms. The van der Waals surface area contributed by atoms with E-state index in [9.17, 15) is 9.59 Å². The quantitative estimate of drug-likeness (QED) is 0.741. The van der Waals surface area contributed by atoms with Gasteiger partial charge in [-0.05, 0) is 42.8 Å². The summed E-state index contributed by atoms with van der Waals surface area (Å²) in [5.74, 6) is 1.67. The van der Waals surface area contributed by atoms with Gasteiger partial charge < -0.3 is 19.9 Å². The summed E-state index contributed by atoms with van der Waals surface area (Å²) in [4.78, 5) is 32.9. The number of hydrogen-bond acceptors (Lipinski definition) is 5. The van der Waals surface area contributed by atoms with Gasteiger partial charge in [0.25, 0.3) is 5.91 Å². The van der Waals surface area contributed by atoms with E-state index in [0.29, 0.717) is 43.8 Å². The number of carbonyl (C=O) groups excluding carboxylic acids is 2. The van der Waals surface area contributed by atoms with Crippen molar-refractivity contribution in [3.05, 3.63) is 54.2 Å². The van der Waals surface area contributed by atoms with E-state index in [1.54, 1.807) is 37.6 Å². The number of benzene rings is 1. The number of methoxy groups -OCH3 is 1. The molecule has 2 amide bonds. The third-order valence-electron chi connectivity index (χ3n) is 4.81. The molecule has 2 aromatic rings. The van der Waals surface area contributed by atoms with Crippen LogP contribution in [-0.2, 0) is 4.79 Å². The van der Waals surface area contributed by atoms with Gasteiger partial charge in [0.15, 0.2) is 0 Å². The number of piperazine rings is 1. The Bertz CT molecular complexity index is 772. The predicted molar refractivity (Wildman–Crippen MR) is 108 cm³/mol. The van der Waals surface area contributed by atoms with Crippen molar-refractivity contribution in [1.29, 1.82) is 0 Å². The van der Waals surface area contributed by atoms with Crippen LogP contribution in [0.3, 0.4) is 0 Å². The summed E-state index contributed by atoms with van der Waals surface area (Å²) < 4.78 is 5.08. The lowest BCUT2D eigenvalue weighted by molar-refractivity contribution is -0.131. The molecular weight excluding hydrogens is 356 g/mol. The molecular formula is C21H26N4O3. The standard InChI is InChI=1S/C21H26N4O3/c1-28-18-9-7-17(8-10-18)21(27)23-12-4-6-20(26)25-15-13-24(14-16-25)19-5-2-3-11-22-19/h2-3,5,7-11H,4,6,12-16H2,1H3,(H,23,27). The van der Waals surface area contributed by atoms with Gasteiger partial charge in [-0.2, -0.15) is 0 Å². The first-order chi connectivity index (χ1) is 13.7. The van der Waals surface area contributed by atoms with Gasteiger partial charge >= 0.3 is 0 Å². The molecule has 1 saturated heterocycles. The average Bonchev–Trinajstić information content (AvgIpc) is 2.77. The highest BCUT2D eigenvalue weighted by Gasteiger charge is 2.21. The van der Waals surface area contributed by atoms with Crippen molar-refractivity contribution in [2.45, 2.75) is 12.8 Å². The van der Waals surface area contributed by atoms with Gasteiger partial charge in [0.2, 0.25) is 5.91 Å². The minimum atomic E-state index is -0.140. The molecule has 1 aliphatic heterocycles. The van der Waals surface area contributed by atoms with Gasteiger partial charge in [-0.1, -0.05) is 6.07 Å². The molecule has 1 N–H and O–H groups in total. The summed E-state index contributed by atoms with van der Waals surface area (Å²) in [6.07, 6.45) is 2.85. The molecule has 0 atom stereocenters. The Morgan fingerprint density at radius 3 is 2.46 bits per heavy atom. The minimum absolute atomic E-state index is 0.138. The first-order valence-electron chi connectivity index (χ1n) is 9.53. The lowest BCUT2D eigenvalue weighted by atomic mass is 10.2. The first-order valence-corrected chi connectivity index (χ1v) is 9.53. The minimum Gasteiger partial charge on any atom is -0.497 e. The molecule has 148 valence electrons. The van der Waals surface area contributed by atoms with Crippen molar-refractivity contribution in [2.24, 2.45) is 0 Å². The second kappa shape index (κ2) is 9.73. The summed E-state index contributed by atoms with van der Waals surface area (Å²) in [5.41, 5.74) is 0.581. The molecule has 1 fully saturated rings. The second-order valence-electron chi connectivity index (χ2n) is 6.64. The Morgan fingerprint density at radius 1 is 1.07 bits per heavy atom. The molecule has 0 unspecified atom stereocenters. The Kier molecular flexibility index (Phi) is 6.84. The maximum absolute atomic E-state index is 12.4.